The van der Waals surface area contributed by atoms with Gasteiger partial charge in [0.05, 0.1) is 12.8 Å². The van der Waals surface area contributed by atoms with Crippen molar-refractivity contribution in [3.05, 3.63) is 23.8 Å². The van der Waals surface area contributed by atoms with Crippen molar-refractivity contribution < 1.29 is 14.6 Å². The third kappa shape index (κ3) is 2.67. The van der Waals surface area contributed by atoms with Gasteiger partial charge in [-0.25, -0.2) is 4.79 Å². The van der Waals surface area contributed by atoms with E-state index in [0.29, 0.717) is 5.92 Å². The van der Waals surface area contributed by atoms with Crippen LogP contribution < -0.4 is 9.64 Å². The molecule has 1 aliphatic heterocycles. The summed E-state index contributed by atoms with van der Waals surface area (Å²) in [6.07, 6.45) is 0.920. The molecule has 0 amide bonds. The van der Waals surface area contributed by atoms with Gasteiger partial charge in [-0.2, -0.15) is 0 Å². The molecule has 1 aromatic carbocycles. The fourth-order valence-corrected chi connectivity index (χ4v) is 3.83. The van der Waals surface area contributed by atoms with E-state index in [-0.39, 0.29) is 11.5 Å². The highest BCUT2D eigenvalue weighted by atomic mass is 16.5. The standard InChI is InChI=1S/C18H27NO3/c1-11(2)15(17(20)21)19-16-13(8-7-9-14(16)22-6)12(3)10-18(19,4)5/h7-9,11-12,15H,10H2,1-6H3,(H,20,21)/t12-,15-/m1/s1. The number of aliphatic carboxylic acids is 1. The van der Waals surface area contributed by atoms with E-state index in [9.17, 15) is 9.90 Å². The third-order valence-electron chi connectivity index (χ3n) is 4.64. The first-order chi connectivity index (χ1) is 10.2. The van der Waals surface area contributed by atoms with E-state index < -0.39 is 12.0 Å². The molecule has 1 aliphatic rings. The lowest BCUT2D eigenvalue weighted by Gasteiger charge is -2.51. The van der Waals surface area contributed by atoms with Crippen molar-refractivity contribution in [2.24, 2.45) is 5.92 Å². The molecule has 1 aromatic rings. The SMILES string of the molecule is COc1cccc2c1N([C@@H](C(=O)O)C(C)C)C(C)(C)C[C@H]2C. The van der Waals surface area contributed by atoms with Crippen molar-refractivity contribution in [1.29, 1.82) is 0 Å². The van der Waals surface area contributed by atoms with Crippen molar-refractivity contribution in [2.45, 2.75) is 58.5 Å². The maximum Gasteiger partial charge on any atom is 0.326 e. The number of fused-ring (bicyclic) bond motifs is 1. The number of para-hydroxylation sites is 1. The number of rotatable bonds is 4. The van der Waals surface area contributed by atoms with Crippen LogP contribution in [0, 0.1) is 5.92 Å². The Labute approximate surface area is 133 Å². The fourth-order valence-electron chi connectivity index (χ4n) is 3.83. The van der Waals surface area contributed by atoms with Crippen LogP contribution in [0.25, 0.3) is 0 Å². The summed E-state index contributed by atoms with van der Waals surface area (Å²) in [5.74, 6) is 0.347. The van der Waals surface area contributed by atoms with Gasteiger partial charge in [-0.05, 0) is 43.7 Å². The van der Waals surface area contributed by atoms with Gasteiger partial charge in [0.25, 0.3) is 0 Å². The van der Waals surface area contributed by atoms with Crippen LogP contribution in [0.15, 0.2) is 18.2 Å². The molecule has 0 bridgehead atoms. The van der Waals surface area contributed by atoms with Crippen LogP contribution in [0.2, 0.25) is 0 Å². The van der Waals surface area contributed by atoms with Gasteiger partial charge >= 0.3 is 5.97 Å². The number of benzene rings is 1. The van der Waals surface area contributed by atoms with E-state index >= 15 is 0 Å². The number of hydrogen-bond acceptors (Lipinski definition) is 3. The van der Waals surface area contributed by atoms with Crippen LogP contribution in [-0.4, -0.2) is 29.8 Å². The quantitative estimate of drug-likeness (QED) is 0.916. The summed E-state index contributed by atoms with van der Waals surface area (Å²) in [7, 11) is 1.64. The summed E-state index contributed by atoms with van der Waals surface area (Å²) in [5, 5.41) is 9.80. The molecule has 0 spiro atoms. The molecule has 4 nitrogen and oxygen atoms in total. The Kier molecular flexibility index (Phi) is 4.41. The zero-order valence-corrected chi connectivity index (χ0v) is 14.4. The molecule has 2 rings (SSSR count). The fraction of sp³-hybridized carbons (Fsp3) is 0.611. The van der Waals surface area contributed by atoms with E-state index in [1.54, 1.807) is 7.11 Å². The number of nitrogens with zero attached hydrogens (tertiary/aromatic N) is 1. The van der Waals surface area contributed by atoms with Gasteiger partial charge in [0.2, 0.25) is 0 Å². The van der Waals surface area contributed by atoms with E-state index in [2.05, 4.69) is 31.7 Å². The second-order valence-corrected chi connectivity index (χ2v) is 7.21. The predicted molar refractivity (Wildman–Crippen MR) is 88.8 cm³/mol. The van der Waals surface area contributed by atoms with Crippen molar-refractivity contribution in [1.82, 2.24) is 0 Å². The van der Waals surface area contributed by atoms with E-state index in [0.717, 1.165) is 17.9 Å². The van der Waals surface area contributed by atoms with E-state index in [1.165, 1.54) is 5.56 Å². The number of carboxylic acids is 1. The Morgan fingerprint density at radius 3 is 2.55 bits per heavy atom. The Morgan fingerprint density at radius 1 is 1.41 bits per heavy atom. The summed E-state index contributed by atoms with van der Waals surface area (Å²) in [4.78, 5) is 14.0. The lowest BCUT2D eigenvalue weighted by molar-refractivity contribution is -0.140. The lowest BCUT2D eigenvalue weighted by atomic mass is 9.78. The highest BCUT2D eigenvalue weighted by Gasteiger charge is 2.44. The maximum atomic E-state index is 11.9. The number of anilines is 1. The van der Waals surface area contributed by atoms with Crippen LogP contribution in [-0.2, 0) is 4.79 Å². The molecular weight excluding hydrogens is 278 g/mol. The zero-order valence-electron chi connectivity index (χ0n) is 14.4. The molecule has 0 fully saturated rings. The zero-order chi connectivity index (χ0) is 16.7. The first-order valence-corrected chi connectivity index (χ1v) is 7.89. The molecule has 0 aliphatic carbocycles. The number of ether oxygens (including phenoxy) is 1. The first kappa shape index (κ1) is 16.7. The molecule has 1 N–H and O–H groups in total. The first-order valence-electron chi connectivity index (χ1n) is 7.89. The molecule has 2 atom stereocenters. The van der Waals surface area contributed by atoms with Gasteiger partial charge in [-0.3, -0.25) is 0 Å². The van der Waals surface area contributed by atoms with Crippen LogP contribution in [0.4, 0.5) is 5.69 Å². The van der Waals surface area contributed by atoms with Gasteiger partial charge < -0.3 is 14.7 Å². The summed E-state index contributed by atoms with van der Waals surface area (Å²) < 4.78 is 5.56. The third-order valence-corrected chi connectivity index (χ3v) is 4.64. The van der Waals surface area contributed by atoms with Gasteiger partial charge in [-0.1, -0.05) is 32.9 Å². The lowest BCUT2D eigenvalue weighted by Crippen LogP contribution is -2.58. The second kappa shape index (κ2) is 5.82. The normalized spacial score (nSPS) is 21.4. The molecule has 0 saturated heterocycles. The molecule has 0 radical (unpaired) electrons. The molecular formula is C18H27NO3. The van der Waals surface area contributed by atoms with Crippen molar-refractivity contribution in [3.63, 3.8) is 0 Å². The largest absolute Gasteiger partial charge is 0.495 e. The van der Waals surface area contributed by atoms with Crippen LogP contribution in [0.1, 0.15) is 52.5 Å². The van der Waals surface area contributed by atoms with Crippen LogP contribution in [0.3, 0.4) is 0 Å². The van der Waals surface area contributed by atoms with Crippen molar-refractivity contribution >= 4 is 11.7 Å². The highest BCUT2D eigenvalue weighted by molar-refractivity contribution is 5.82. The predicted octanol–water partition coefficient (Wildman–Crippen LogP) is 3.90. The van der Waals surface area contributed by atoms with Gasteiger partial charge in [0, 0.05) is 5.54 Å². The minimum atomic E-state index is -0.783. The Balaban J connectivity index is 2.71. The van der Waals surface area contributed by atoms with Crippen molar-refractivity contribution in [2.75, 3.05) is 12.0 Å². The molecule has 122 valence electrons. The van der Waals surface area contributed by atoms with Gasteiger partial charge in [-0.15, -0.1) is 0 Å². The second-order valence-electron chi connectivity index (χ2n) is 7.21. The summed E-state index contributed by atoms with van der Waals surface area (Å²) in [6.45, 7) is 10.4. The summed E-state index contributed by atoms with van der Waals surface area (Å²) in [6, 6.07) is 5.41. The highest BCUT2D eigenvalue weighted by Crippen LogP contribution is 2.49. The molecule has 1 heterocycles. The average molecular weight is 305 g/mol. The van der Waals surface area contributed by atoms with Crippen LogP contribution >= 0.6 is 0 Å². The minimum Gasteiger partial charge on any atom is -0.495 e. The monoisotopic (exact) mass is 305 g/mol. The van der Waals surface area contributed by atoms with Crippen LogP contribution in [0.5, 0.6) is 5.75 Å². The topological polar surface area (TPSA) is 49.8 Å². The van der Waals surface area contributed by atoms with E-state index in [4.69, 9.17) is 4.74 Å². The molecule has 0 aromatic heterocycles. The minimum absolute atomic E-state index is 0.00273. The maximum absolute atomic E-state index is 11.9. The smallest absolute Gasteiger partial charge is 0.326 e. The van der Waals surface area contributed by atoms with E-state index in [1.807, 2.05) is 26.0 Å². The van der Waals surface area contributed by atoms with Gasteiger partial charge in [0.15, 0.2) is 0 Å². The summed E-state index contributed by atoms with van der Waals surface area (Å²) >= 11 is 0. The molecule has 0 saturated carbocycles. The van der Waals surface area contributed by atoms with Crippen molar-refractivity contribution in [3.8, 4) is 5.75 Å². The Morgan fingerprint density at radius 2 is 2.05 bits per heavy atom. The number of hydrogen-bond donors (Lipinski definition) is 1. The molecule has 22 heavy (non-hydrogen) atoms. The number of carboxylic acid groups (broad SMARTS) is 1. The number of methoxy groups -OCH3 is 1. The van der Waals surface area contributed by atoms with Gasteiger partial charge in [0.1, 0.15) is 11.8 Å². The molecule has 4 heteroatoms. The summed E-state index contributed by atoms with van der Waals surface area (Å²) in [5.41, 5.74) is 1.87. The number of carbonyl (C=O) groups is 1. The Bertz CT molecular complexity index is 565. The average Bonchev–Trinajstić information content (AvgIpc) is 2.41. The Hall–Kier alpha value is -1.71. The molecule has 0 unspecified atom stereocenters.